The van der Waals surface area contributed by atoms with Gasteiger partial charge < -0.3 is 9.80 Å². The number of hydrogen-bond acceptors (Lipinski definition) is 4. The molecule has 4 nitrogen and oxygen atoms in total. The molecule has 2 rings (SSSR count). The van der Waals surface area contributed by atoms with Crippen molar-refractivity contribution < 1.29 is 0 Å². The third-order valence-corrected chi connectivity index (χ3v) is 4.97. The van der Waals surface area contributed by atoms with E-state index in [0.717, 1.165) is 31.6 Å². The van der Waals surface area contributed by atoms with Crippen LogP contribution in [0.3, 0.4) is 0 Å². The second-order valence-electron chi connectivity index (χ2n) is 5.89. The first kappa shape index (κ1) is 17.0. The highest BCUT2D eigenvalue weighted by atomic mass is 35.5. The molecule has 1 aromatic carbocycles. The molecule has 1 heterocycles. The van der Waals surface area contributed by atoms with Crippen molar-refractivity contribution in [2.45, 2.75) is 24.9 Å². The van der Waals surface area contributed by atoms with E-state index in [2.05, 4.69) is 29.3 Å². The third kappa shape index (κ3) is 4.55. The Balaban J connectivity index is 2.11. The number of likely N-dealkylation sites (N-methyl/N-ethyl adjacent to an activating group) is 2. The Morgan fingerprint density at radius 1 is 1.29 bits per heavy atom. The normalized spacial score (nSPS) is 23.0. The van der Waals surface area contributed by atoms with E-state index in [1.807, 2.05) is 18.2 Å². The van der Waals surface area contributed by atoms with Crippen molar-refractivity contribution >= 4 is 23.2 Å². The van der Waals surface area contributed by atoms with E-state index in [1.54, 1.807) is 0 Å². The van der Waals surface area contributed by atoms with Gasteiger partial charge in [0.05, 0.1) is 10.0 Å². The van der Waals surface area contributed by atoms with Crippen LogP contribution in [0.15, 0.2) is 18.2 Å². The van der Waals surface area contributed by atoms with Crippen molar-refractivity contribution in [1.29, 1.82) is 0 Å². The highest BCUT2D eigenvalue weighted by molar-refractivity contribution is 6.42. The fraction of sp³-hybridized carbons (Fsp3) is 0.600. The first-order valence-corrected chi connectivity index (χ1v) is 8.05. The molecule has 118 valence electrons. The molecule has 2 unspecified atom stereocenters. The zero-order valence-corrected chi connectivity index (χ0v) is 14.2. The molecule has 0 amide bonds. The molecule has 1 aliphatic heterocycles. The molecule has 1 aliphatic rings. The molecule has 0 aliphatic carbocycles. The van der Waals surface area contributed by atoms with E-state index < -0.39 is 0 Å². The molecule has 2 atom stereocenters. The van der Waals surface area contributed by atoms with E-state index in [0.29, 0.717) is 16.1 Å². The molecule has 0 spiro atoms. The second kappa shape index (κ2) is 7.77. The zero-order valence-electron chi connectivity index (χ0n) is 12.6. The Kier molecular flexibility index (Phi) is 6.29. The van der Waals surface area contributed by atoms with Crippen molar-refractivity contribution in [3.8, 4) is 0 Å². The maximum absolute atomic E-state index is 6.10. The van der Waals surface area contributed by atoms with Crippen LogP contribution in [0.5, 0.6) is 0 Å². The van der Waals surface area contributed by atoms with Gasteiger partial charge in [-0.3, -0.25) is 11.3 Å². The van der Waals surface area contributed by atoms with Gasteiger partial charge in [0, 0.05) is 18.6 Å². The van der Waals surface area contributed by atoms with Crippen LogP contribution in [-0.4, -0.2) is 55.6 Å². The Morgan fingerprint density at radius 3 is 2.71 bits per heavy atom. The van der Waals surface area contributed by atoms with Crippen LogP contribution < -0.4 is 11.3 Å². The second-order valence-corrected chi connectivity index (χ2v) is 6.70. The smallest absolute Gasteiger partial charge is 0.0595 e. The molecule has 21 heavy (non-hydrogen) atoms. The molecule has 3 N–H and O–H groups in total. The molecule has 0 radical (unpaired) electrons. The third-order valence-electron chi connectivity index (χ3n) is 4.23. The van der Waals surface area contributed by atoms with Gasteiger partial charge in [0.1, 0.15) is 0 Å². The topological polar surface area (TPSA) is 44.5 Å². The fourth-order valence-electron chi connectivity index (χ4n) is 2.97. The maximum atomic E-state index is 6.10. The van der Waals surface area contributed by atoms with Gasteiger partial charge in [-0.25, -0.2) is 0 Å². The van der Waals surface area contributed by atoms with Crippen LogP contribution >= 0.6 is 23.2 Å². The summed E-state index contributed by atoms with van der Waals surface area (Å²) < 4.78 is 0. The SMILES string of the molecule is CN1CCCN(C)C(C(Cc2ccc(Cl)c(Cl)c2)NN)C1. The molecule has 1 saturated heterocycles. The Bertz CT molecular complexity index is 469. The minimum absolute atomic E-state index is 0.174. The lowest BCUT2D eigenvalue weighted by molar-refractivity contribution is 0.177. The van der Waals surface area contributed by atoms with E-state index in [-0.39, 0.29) is 6.04 Å². The zero-order chi connectivity index (χ0) is 15.4. The summed E-state index contributed by atoms with van der Waals surface area (Å²) in [5.74, 6) is 5.82. The fourth-order valence-corrected chi connectivity index (χ4v) is 3.29. The predicted octanol–water partition coefficient (Wildman–Crippen LogP) is 2.00. The van der Waals surface area contributed by atoms with Crippen molar-refractivity contribution in [3.05, 3.63) is 33.8 Å². The van der Waals surface area contributed by atoms with Gasteiger partial charge in [0.25, 0.3) is 0 Å². The summed E-state index contributed by atoms with van der Waals surface area (Å²) in [4.78, 5) is 4.76. The lowest BCUT2D eigenvalue weighted by Crippen LogP contribution is -2.55. The molecular formula is C15H24Cl2N4. The highest BCUT2D eigenvalue weighted by Crippen LogP contribution is 2.24. The Morgan fingerprint density at radius 2 is 2.05 bits per heavy atom. The number of benzene rings is 1. The summed E-state index contributed by atoms with van der Waals surface area (Å²) in [5, 5.41) is 1.18. The van der Waals surface area contributed by atoms with Gasteiger partial charge in [0.15, 0.2) is 0 Å². The Labute approximate surface area is 137 Å². The standard InChI is InChI=1S/C15H24Cl2N4/c1-20-6-3-7-21(2)15(10-20)14(19-18)9-11-4-5-12(16)13(17)8-11/h4-5,8,14-15,19H,3,6-7,9-10,18H2,1-2H3. The van der Waals surface area contributed by atoms with E-state index in [9.17, 15) is 0 Å². The van der Waals surface area contributed by atoms with Crippen LogP contribution in [0, 0.1) is 0 Å². The number of nitrogens with zero attached hydrogens (tertiary/aromatic N) is 2. The van der Waals surface area contributed by atoms with Crippen LogP contribution in [-0.2, 0) is 6.42 Å². The van der Waals surface area contributed by atoms with E-state index in [4.69, 9.17) is 29.0 Å². The first-order valence-electron chi connectivity index (χ1n) is 7.30. The van der Waals surface area contributed by atoms with E-state index in [1.165, 1.54) is 6.42 Å². The average Bonchev–Trinajstić information content (AvgIpc) is 2.61. The lowest BCUT2D eigenvalue weighted by atomic mass is 9.98. The van der Waals surface area contributed by atoms with Crippen LogP contribution in [0.2, 0.25) is 10.0 Å². The van der Waals surface area contributed by atoms with Crippen LogP contribution in [0.25, 0.3) is 0 Å². The number of nitrogens with two attached hydrogens (primary N) is 1. The van der Waals surface area contributed by atoms with Gasteiger partial charge in [0.2, 0.25) is 0 Å². The van der Waals surface area contributed by atoms with E-state index >= 15 is 0 Å². The monoisotopic (exact) mass is 330 g/mol. The predicted molar refractivity (Wildman–Crippen MR) is 89.8 cm³/mol. The lowest BCUT2D eigenvalue weighted by Gasteiger charge is -2.34. The van der Waals surface area contributed by atoms with Gasteiger partial charge in [-0.15, -0.1) is 0 Å². The molecule has 1 aromatic rings. The molecule has 0 saturated carbocycles. The largest absolute Gasteiger partial charge is 0.305 e. The Hall–Kier alpha value is -0.360. The number of nitrogens with one attached hydrogen (secondary N) is 1. The summed E-state index contributed by atoms with van der Waals surface area (Å²) in [7, 11) is 4.34. The molecule has 0 aromatic heterocycles. The van der Waals surface area contributed by atoms with Gasteiger partial charge in [-0.1, -0.05) is 29.3 Å². The maximum Gasteiger partial charge on any atom is 0.0595 e. The summed E-state index contributed by atoms with van der Waals surface area (Å²) >= 11 is 12.1. The number of hydrogen-bond donors (Lipinski definition) is 2. The van der Waals surface area contributed by atoms with Crippen molar-refractivity contribution in [2.75, 3.05) is 33.7 Å². The number of rotatable bonds is 4. The minimum Gasteiger partial charge on any atom is -0.305 e. The van der Waals surface area contributed by atoms with Crippen LogP contribution in [0.1, 0.15) is 12.0 Å². The molecular weight excluding hydrogens is 307 g/mol. The average molecular weight is 331 g/mol. The summed E-state index contributed by atoms with van der Waals surface area (Å²) in [6.45, 7) is 3.23. The molecule has 6 heteroatoms. The quantitative estimate of drug-likeness (QED) is 0.654. The van der Waals surface area contributed by atoms with Gasteiger partial charge in [-0.05, 0) is 57.7 Å². The summed E-state index contributed by atoms with van der Waals surface area (Å²) in [6.07, 6.45) is 2.02. The first-order chi connectivity index (χ1) is 10.0. The van der Waals surface area contributed by atoms with Crippen LogP contribution in [0.4, 0.5) is 0 Å². The minimum atomic E-state index is 0.174. The van der Waals surface area contributed by atoms with Crippen molar-refractivity contribution in [1.82, 2.24) is 15.2 Å². The molecule has 1 fully saturated rings. The van der Waals surface area contributed by atoms with Crippen molar-refractivity contribution in [3.63, 3.8) is 0 Å². The van der Waals surface area contributed by atoms with Gasteiger partial charge in [-0.2, -0.15) is 0 Å². The highest BCUT2D eigenvalue weighted by Gasteiger charge is 2.28. The number of hydrazine groups is 1. The summed E-state index contributed by atoms with van der Waals surface area (Å²) in [5.41, 5.74) is 4.13. The number of halogens is 2. The summed E-state index contributed by atoms with van der Waals surface area (Å²) in [6, 6.07) is 6.33. The van der Waals surface area contributed by atoms with Gasteiger partial charge >= 0.3 is 0 Å². The molecule has 0 bridgehead atoms. The van der Waals surface area contributed by atoms with Crippen molar-refractivity contribution in [2.24, 2.45) is 5.84 Å².